The van der Waals surface area contributed by atoms with Crippen molar-refractivity contribution >= 4 is 5.91 Å². The van der Waals surface area contributed by atoms with Crippen LogP contribution in [0.1, 0.15) is 22.0 Å². The number of aryl methyl sites for hydroxylation is 1. The van der Waals surface area contributed by atoms with Gasteiger partial charge in [-0.1, -0.05) is 30.3 Å². The van der Waals surface area contributed by atoms with E-state index in [1.165, 1.54) is 0 Å². The summed E-state index contributed by atoms with van der Waals surface area (Å²) in [5, 5.41) is 0. The third-order valence-electron chi connectivity index (χ3n) is 2.41. The Morgan fingerprint density at radius 3 is 2.65 bits per heavy atom. The van der Waals surface area contributed by atoms with Gasteiger partial charge in [0.2, 0.25) is 0 Å². The Balaban J connectivity index is 2.06. The molecule has 0 unspecified atom stereocenters. The second kappa shape index (κ2) is 4.82. The van der Waals surface area contributed by atoms with Crippen molar-refractivity contribution in [2.24, 2.45) is 0 Å². The number of hydrogen-bond donors (Lipinski definition) is 0. The van der Waals surface area contributed by atoms with Crippen LogP contribution in [0.5, 0.6) is 0 Å². The third-order valence-corrected chi connectivity index (χ3v) is 2.41. The van der Waals surface area contributed by atoms with Gasteiger partial charge in [0.15, 0.2) is 0 Å². The number of carbonyl (C=O) groups excluding carboxylic acids is 1. The van der Waals surface area contributed by atoms with Crippen molar-refractivity contribution in [1.29, 1.82) is 0 Å². The van der Waals surface area contributed by atoms with Crippen LogP contribution in [0.3, 0.4) is 0 Å². The van der Waals surface area contributed by atoms with E-state index in [9.17, 15) is 4.79 Å². The van der Waals surface area contributed by atoms with Crippen molar-refractivity contribution in [2.75, 3.05) is 7.05 Å². The van der Waals surface area contributed by atoms with Crippen LogP contribution in [0.2, 0.25) is 0 Å². The number of oxazole rings is 1. The number of hydrogen-bond acceptors (Lipinski definition) is 3. The Kier molecular flexibility index (Phi) is 3.23. The number of aromatic nitrogens is 1. The average molecular weight is 230 g/mol. The summed E-state index contributed by atoms with van der Waals surface area (Å²) >= 11 is 0. The van der Waals surface area contributed by atoms with E-state index in [4.69, 9.17) is 4.42 Å². The van der Waals surface area contributed by atoms with E-state index in [1.807, 2.05) is 30.3 Å². The maximum Gasteiger partial charge on any atom is 0.309 e. The van der Waals surface area contributed by atoms with Crippen molar-refractivity contribution in [3.63, 3.8) is 0 Å². The van der Waals surface area contributed by atoms with E-state index in [0.717, 1.165) is 5.56 Å². The van der Waals surface area contributed by atoms with Crippen molar-refractivity contribution < 1.29 is 9.21 Å². The van der Waals surface area contributed by atoms with Crippen LogP contribution in [0.15, 0.2) is 40.9 Å². The highest BCUT2D eigenvalue weighted by atomic mass is 16.4. The first-order valence-electron chi connectivity index (χ1n) is 5.38. The maximum atomic E-state index is 11.9. The molecule has 0 atom stereocenters. The molecule has 0 bridgehead atoms. The quantitative estimate of drug-likeness (QED) is 0.812. The molecule has 88 valence electrons. The molecule has 1 aromatic heterocycles. The zero-order chi connectivity index (χ0) is 12.3. The molecule has 1 heterocycles. The lowest BCUT2D eigenvalue weighted by Crippen LogP contribution is -2.26. The number of carbonyl (C=O) groups is 1. The molecule has 0 saturated heterocycles. The topological polar surface area (TPSA) is 46.3 Å². The summed E-state index contributed by atoms with van der Waals surface area (Å²) in [5.41, 5.74) is 1.08. The molecule has 0 aliphatic rings. The fourth-order valence-electron chi connectivity index (χ4n) is 1.55. The number of benzene rings is 1. The lowest BCUT2D eigenvalue weighted by molar-refractivity contribution is 0.0744. The molecule has 17 heavy (non-hydrogen) atoms. The van der Waals surface area contributed by atoms with Crippen molar-refractivity contribution in [3.05, 3.63) is 53.7 Å². The highest BCUT2D eigenvalue weighted by Crippen LogP contribution is 2.08. The standard InChI is InChI=1S/C13H14N2O2/c1-10-8-14-12(17-10)13(16)15(2)9-11-6-4-3-5-7-11/h3-8H,9H2,1-2H3. The van der Waals surface area contributed by atoms with Gasteiger partial charge in [0.1, 0.15) is 5.76 Å². The summed E-state index contributed by atoms with van der Waals surface area (Å²) in [5.74, 6) is 0.573. The molecule has 0 N–H and O–H groups in total. The zero-order valence-electron chi connectivity index (χ0n) is 9.88. The van der Waals surface area contributed by atoms with E-state index in [1.54, 1.807) is 25.1 Å². The van der Waals surface area contributed by atoms with Gasteiger partial charge in [-0.15, -0.1) is 0 Å². The van der Waals surface area contributed by atoms with Gasteiger partial charge in [0.05, 0.1) is 6.20 Å². The van der Waals surface area contributed by atoms with Crippen LogP contribution in [0, 0.1) is 6.92 Å². The molecule has 4 nitrogen and oxygen atoms in total. The minimum atomic E-state index is -0.207. The molecule has 1 amide bonds. The SMILES string of the molecule is Cc1cnc(C(=O)N(C)Cc2ccccc2)o1. The lowest BCUT2D eigenvalue weighted by atomic mass is 10.2. The summed E-state index contributed by atoms with van der Waals surface area (Å²) in [6, 6.07) is 9.80. The van der Waals surface area contributed by atoms with Crippen LogP contribution in [0.4, 0.5) is 0 Å². The van der Waals surface area contributed by atoms with Gasteiger partial charge >= 0.3 is 5.91 Å². The monoisotopic (exact) mass is 230 g/mol. The molecule has 1 aromatic carbocycles. The summed E-state index contributed by atoms with van der Waals surface area (Å²) in [6.45, 7) is 2.31. The van der Waals surface area contributed by atoms with Crippen molar-refractivity contribution in [3.8, 4) is 0 Å². The molecule has 0 spiro atoms. The molecule has 0 fully saturated rings. The Hall–Kier alpha value is -2.10. The van der Waals surface area contributed by atoms with E-state index in [-0.39, 0.29) is 11.8 Å². The molecular weight excluding hydrogens is 216 g/mol. The normalized spacial score (nSPS) is 10.2. The van der Waals surface area contributed by atoms with Crippen molar-refractivity contribution in [1.82, 2.24) is 9.88 Å². The highest BCUT2D eigenvalue weighted by Gasteiger charge is 2.16. The second-order valence-corrected chi connectivity index (χ2v) is 3.92. The first-order valence-corrected chi connectivity index (χ1v) is 5.38. The number of rotatable bonds is 3. The van der Waals surface area contributed by atoms with Gasteiger partial charge in [0.25, 0.3) is 5.89 Å². The van der Waals surface area contributed by atoms with Gasteiger partial charge in [-0.2, -0.15) is 0 Å². The van der Waals surface area contributed by atoms with Crippen LogP contribution in [-0.2, 0) is 6.54 Å². The zero-order valence-corrected chi connectivity index (χ0v) is 9.88. The molecule has 2 rings (SSSR count). The molecule has 4 heteroatoms. The minimum Gasteiger partial charge on any atom is -0.438 e. The summed E-state index contributed by atoms with van der Waals surface area (Å²) in [4.78, 5) is 17.4. The van der Waals surface area contributed by atoms with Crippen LogP contribution in [0.25, 0.3) is 0 Å². The van der Waals surface area contributed by atoms with Gasteiger partial charge in [-0.05, 0) is 12.5 Å². The first-order chi connectivity index (χ1) is 8.16. The summed E-state index contributed by atoms with van der Waals surface area (Å²) in [7, 11) is 1.73. The second-order valence-electron chi connectivity index (χ2n) is 3.92. The van der Waals surface area contributed by atoms with Crippen molar-refractivity contribution in [2.45, 2.75) is 13.5 Å². The molecular formula is C13H14N2O2. The molecule has 0 saturated carbocycles. The van der Waals surface area contributed by atoms with Gasteiger partial charge in [-0.25, -0.2) is 4.98 Å². The predicted molar refractivity (Wildman–Crippen MR) is 63.5 cm³/mol. The van der Waals surface area contributed by atoms with Crippen LogP contribution < -0.4 is 0 Å². The smallest absolute Gasteiger partial charge is 0.309 e. The predicted octanol–water partition coefficient (Wildman–Crippen LogP) is 2.26. The van der Waals surface area contributed by atoms with Gasteiger partial charge in [-0.3, -0.25) is 4.79 Å². The Morgan fingerprint density at radius 2 is 2.06 bits per heavy atom. The van der Waals surface area contributed by atoms with Crippen LogP contribution >= 0.6 is 0 Å². The molecule has 2 aromatic rings. The third kappa shape index (κ3) is 2.72. The Labute approximate surface area is 99.9 Å². The van der Waals surface area contributed by atoms with E-state index in [2.05, 4.69) is 4.98 Å². The van der Waals surface area contributed by atoms with E-state index in [0.29, 0.717) is 12.3 Å². The molecule has 0 radical (unpaired) electrons. The first kappa shape index (κ1) is 11.4. The fraction of sp³-hybridized carbons (Fsp3) is 0.231. The van der Waals surface area contributed by atoms with Gasteiger partial charge < -0.3 is 9.32 Å². The van der Waals surface area contributed by atoms with E-state index < -0.39 is 0 Å². The van der Waals surface area contributed by atoms with E-state index >= 15 is 0 Å². The fourth-order valence-corrected chi connectivity index (χ4v) is 1.55. The summed E-state index contributed by atoms with van der Waals surface area (Å²) < 4.78 is 5.20. The Morgan fingerprint density at radius 1 is 1.35 bits per heavy atom. The molecule has 0 aliphatic heterocycles. The maximum absolute atomic E-state index is 11.9. The van der Waals surface area contributed by atoms with Gasteiger partial charge in [0, 0.05) is 13.6 Å². The van der Waals surface area contributed by atoms with Crippen LogP contribution in [-0.4, -0.2) is 22.8 Å². The Bertz CT molecular complexity index is 505. The number of nitrogens with zero attached hydrogens (tertiary/aromatic N) is 2. The minimum absolute atomic E-state index is 0.140. The average Bonchev–Trinajstić information content (AvgIpc) is 2.76. The largest absolute Gasteiger partial charge is 0.438 e. The lowest BCUT2D eigenvalue weighted by Gasteiger charge is -2.14. The highest BCUT2D eigenvalue weighted by molar-refractivity contribution is 5.89. The molecule has 0 aliphatic carbocycles. The number of amides is 1. The summed E-state index contributed by atoms with van der Waals surface area (Å²) in [6.07, 6.45) is 1.55.